The Labute approximate surface area is 114 Å². The van der Waals surface area contributed by atoms with E-state index in [1.165, 1.54) is 38.5 Å². The van der Waals surface area contributed by atoms with Crippen molar-refractivity contribution in [3.8, 4) is 0 Å². The normalized spacial score (nSPS) is 24.8. The second-order valence-electron chi connectivity index (χ2n) is 5.64. The maximum atomic E-state index is 11.8. The zero-order chi connectivity index (χ0) is 13.5. The minimum Gasteiger partial charge on any atom is -0.355 e. The lowest BCUT2D eigenvalue weighted by Gasteiger charge is -2.16. The molecule has 0 spiro atoms. The van der Waals surface area contributed by atoms with Crippen LogP contribution in [-0.4, -0.2) is 37.5 Å². The van der Waals surface area contributed by atoms with Gasteiger partial charge in [0.05, 0.1) is 5.92 Å². The van der Waals surface area contributed by atoms with Gasteiger partial charge >= 0.3 is 0 Å². The van der Waals surface area contributed by atoms with Crippen LogP contribution in [0, 0.1) is 5.92 Å². The van der Waals surface area contributed by atoms with Crippen LogP contribution in [0.5, 0.6) is 0 Å². The average molecular weight is 267 g/mol. The van der Waals surface area contributed by atoms with E-state index in [0.29, 0.717) is 25.6 Å². The van der Waals surface area contributed by atoms with E-state index in [-0.39, 0.29) is 17.7 Å². The van der Waals surface area contributed by atoms with Gasteiger partial charge in [-0.05, 0) is 12.8 Å². The quantitative estimate of drug-likeness (QED) is 0.503. The molecule has 2 rings (SSSR count). The first kappa shape index (κ1) is 14.3. The summed E-state index contributed by atoms with van der Waals surface area (Å²) in [6, 6.07) is 0.620. The minimum atomic E-state index is -0.176. The van der Waals surface area contributed by atoms with E-state index in [0.717, 1.165) is 6.54 Å². The highest BCUT2D eigenvalue weighted by molar-refractivity contribution is 5.89. The highest BCUT2D eigenvalue weighted by atomic mass is 16.2. The molecule has 1 atom stereocenters. The third-order valence-electron chi connectivity index (χ3n) is 4.06. The van der Waals surface area contributed by atoms with Crippen molar-refractivity contribution in [2.75, 3.05) is 19.6 Å². The first-order valence-electron chi connectivity index (χ1n) is 7.53. The summed E-state index contributed by atoms with van der Waals surface area (Å²) < 4.78 is 0. The second-order valence-corrected chi connectivity index (χ2v) is 5.64. The molecular formula is C14H25N3O2. The predicted octanol–water partition coefficient (Wildman–Crippen LogP) is 0.551. The van der Waals surface area contributed by atoms with Crippen LogP contribution in [0.4, 0.5) is 0 Å². The molecule has 2 fully saturated rings. The van der Waals surface area contributed by atoms with Gasteiger partial charge in [0, 0.05) is 32.1 Å². The molecule has 0 aromatic rings. The number of nitrogens with one attached hydrogen (secondary N) is 3. The third-order valence-corrected chi connectivity index (χ3v) is 4.06. The zero-order valence-electron chi connectivity index (χ0n) is 11.5. The first-order valence-corrected chi connectivity index (χ1v) is 7.53. The second kappa shape index (κ2) is 7.48. The Morgan fingerprint density at radius 1 is 1.16 bits per heavy atom. The minimum absolute atomic E-state index is 0.000941. The molecule has 1 heterocycles. The molecule has 1 saturated heterocycles. The fourth-order valence-electron chi connectivity index (χ4n) is 2.88. The van der Waals surface area contributed by atoms with Crippen molar-refractivity contribution in [1.82, 2.24) is 16.0 Å². The summed E-state index contributed by atoms with van der Waals surface area (Å²) in [6.07, 6.45) is 8.21. The maximum absolute atomic E-state index is 11.8. The predicted molar refractivity (Wildman–Crippen MR) is 73.6 cm³/mol. The SMILES string of the molecule is O=C1CC(C(=O)NCCNC2CCCCCC2)CN1. The Hall–Kier alpha value is -1.10. The molecule has 108 valence electrons. The van der Waals surface area contributed by atoms with Crippen LogP contribution in [-0.2, 0) is 9.59 Å². The molecule has 2 amide bonds. The van der Waals surface area contributed by atoms with Gasteiger partial charge in [0.1, 0.15) is 0 Å². The Bertz CT molecular complexity index is 312. The van der Waals surface area contributed by atoms with E-state index < -0.39 is 0 Å². The Morgan fingerprint density at radius 2 is 1.89 bits per heavy atom. The smallest absolute Gasteiger partial charge is 0.225 e. The standard InChI is InChI=1S/C14H25N3O2/c18-13-9-11(10-17-13)14(19)16-8-7-15-12-5-3-1-2-4-6-12/h11-12,15H,1-10H2,(H,16,19)(H,17,18). The van der Waals surface area contributed by atoms with Crippen LogP contribution in [0.2, 0.25) is 0 Å². The highest BCUT2D eigenvalue weighted by Gasteiger charge is 2.27. The Morgan fingerprint density at radius 3 is 2.53 bits per heavy atom. The van der Waals surface area contributed by atoms with Crippen molar-refractivity contribution in [3.05, 3.63) is 0 Å². The number of amides is 2. The lowest BCUT2D eigenvalue weighted by atomic mass is 10.1. The Kier molecular flexibility index (Phi) is 5.63. The van der Waals surface area contributed by atoms with Gasteiger partial charge in [0.2, 0.25) is 11.8 Å². The van der Waals surface area contributed by atoms with Crippen molar-refractivity contribution in [2.24, 2.45) is 5.92 Å². The summed E-state index contributed by atoms with van der Waals surface area (Å²) in [7, 11) is 0. The summed E-state index contributed by atoms with van der Waals surface area (Å²) in [4.78, 5) is 22.8. The van der Waals surface area contributed by atoms with Crippen LogP contribution in [0.3, 0.4) is 0 Å². The van der Waals surface area contributed by atoms with Crippen molar-refractivity contribution >= 4 is 11.8 Å². The van der Waals surface area contributed by atoms with Gasteiger partial charge in [0.25, 0.3) is 0 Å². The molecule has 1 unspecified atom stereocenters. The van der Waals surface area contributed by atoms with Crippen LogP contribution in [0.15, 0.2) is 0 Å². The molecule has 0 bridgehead atoms. The highest BCUT2D eigenvalue weighted by Crippen LogP contribution is 2.16. The zero-order valence-corrected chi connectivity index (χ0v) is 11.5. The van der Waals surface area contributed by atoms with Crippen LogP contribution < -0.4 is 16.0 Å². The van der Waals surface area contributed by atoms with Gasteiger partial charge in [0.15, 0.2) is 0 Å². The maximum Gasteiger partial charge on any atom is 0.225 e. The molecule has 1 aliphatic carbocycles. The molecule has 19 heavy (non-hydrogen) atoms. The summed E-state index contributed by atoms with van der Waals surface area (Å²) in [6.45, 7) is 1.96. The monoisotopic (exact) mass is 267 g/mol. The summed E-state index contributed by atoms with van der Waals surface area (Å²) in [5.41, 5.74) is 0. The number of rotatable bonds is 5. The van der Waals surface area contributed by atoms with E-state index in [1.54, 1.807) is 0 Å². The van der Waals surface area contributed by atoms with Crippen molar-refractivity contribution in [2.45, 2.75) is 51.0 Å². The topological polar surface area (TPSA) is 70.2 Å². The Balaban J connectivity index is 1.56. The molecule has 1 saturated carbocycles. The van der Waals surface area contributed by atoms with Crippen LogP contribution >= 0.6 is 0 Å². The number of hydrogen-bond donors (Lipinski definition) is 3. The molecule has 5 nitrogen and oxygen atoms in total. The molecule has 5 heteroatoms. The lowest BCUT2D eigenvalue weighted by molar-refractivity contribution is -0.126. The summed E-state index contributed by atoms with van der Waals surface area (Å²) >= 11 is 0. The molecule has 0 radical (unpaired) electrons. The van der Waals surface area contributed by atoms with Crippen molar-refractivity contribution in [3.63, 3.8) is 0 Å². The third kappa shape index (κ3) is 4.82. The van der Waals surface area contributed by atoms with E-state index >= 15 is 0 Å². The van der Waals surface area contributed by atoms with E-state index in [9.17, 15) is 9.59 Å². The summed E-state index contributed by atoms with van der Waals surface area (Å²) in [5.74, 6) is -0.192. The number of hydrogen-bond acceptors (Lipinski definition) is 3. The first-order chi connectivity index (χ1) is 9.25. The lowest BCUT2D eigenvalue weighted by Crippen LogP contribution is -2.39. The summed E-state index contributed by atoms with van der Waals surface area (Å²) in [5, 5.41) is 9.11. The van der Waals surface area contributed by atoms with Gasteiger partial charge in [-0.15, -0.1) is 0 Å². The molecule has 0 aromatic heterocycles. The number of carbonyl (C=O) groups is 2. The van der Waals surface area contributed by atoms with Gasteiger partial charge < -0.3 is 16.0 Å². The molecule has 3 N–H and O–H groups in total. The fraction of sp³-hybridized carbons (Fsp3) is 0.857. The van der Waals surface area contributed by atoms with Gasteiger partial charge in [-0.3, -0.25) is 9.59 Å². The van der Waals surface area contributed by atoms with Crippen molar-refractivity contribution < 1.29 is 9.59 Å². The molecule has 0 aromatic carbocycles. The fourth-order valence-corrected chi connectivity index (χ4v) is 2.88. The molecule has 1 aliphatic heterocycles. The average Bonchev–Trinajstić information content (AvgIpc) is 2.68. The van der Waals surface area contributed by atoms with E-state index in [4.69, 9.17) is 0 Å². The molecular weight excluding hydrogens is 242 g/mol. The van der Waals surface area contributed by atoms with E-state index in [1.807, 2.05) is 0 Å². The van der Waals surface area contributed by atoms with Crippen molar-refractivity contribution in [1.29, 1.82) is 0 Å². The van der Waals surface area contributed by atoms with Gasteiger partial charge in [-0.1, -0.05) is 25.7 Å². The number of carbonyl (C=O) groups excluding carboxylic acids is 2. The largest absolute Gasteiger partial charge is 0.355 e. The van der Waals surface area contributed by atoms with Gasteiger partial charge in [-0.2, -0.15) is 0 Å². The molecule has 2 aliphatic rings. The van der Waals surface area contributed by atoms with Crippen LogP contribution in [0.1, 0.15) is 44.9 Å². The van der Waals surface area contributed by atoms with Crippen LogP contribution in [0.25, 0.3) is 0 Å². The van der Waals surface area contributed by atoms with E-state index in [2.05, 4.69) is 16.0 Å². The van der Waals surface area contributed by atoms with Gasteiger partial charge in [-0.25, -0.2) is 0 Å².